The Morgan fingerprint density at radius 1 is 1.18 bits per heavy atom. The van der Waals surface area contributed by atoms with Gasteiger partial charge < -0.3 is 5.32 Å². The maximum absolute atomic E-state index is 3.49. The predicted octanol–water partition coefficient (Wildman–Crippen LogP) is 2.44. The van der Waals surface area contributed by atoms with E-state index in [1.165, 1.54) is 45.1 Å². The normalized spacial score (nSPS) is 26.4. The van der Waals surface area contributed by atoms with Gasteiger partial charge in [0, 0.05) is 12.2 Å². The zero-order valence-electron chi connectivity index (χ0n) is 7.10. The van der Waals surface area contributed by atoms with E-state index in [0.717, 1.165) is 5.92 Å². The van der Waals surface area contributed by atoms with Crippen molar-refractivity contribution in [3.8, 4) is 0 Å². The molecule has 0 bridgehead atoms. The lowest BCUT2D eigenvalue weighted by atomic mass is 9.87. The molecule has 0 aromatic carbocycles. The van der Waals surface area contributed by atoms with Crippen LogP contribution >= 0.6 is 0 Å². The Hall–Kier alpha value is -0.460. The van der Waals surface area contributed by atoms with Gasteiger partial charge in [0.05, 0.1) is 0 Å². The smallest absolute Gasteiger partial charge is 0.0179 e. The highest BCUT2D eigenvalue weighted by Gasteiger charge is 2.18. The molecule has 0 amide bonds. The van der Waals surface area contributed by atoms with E-state index < -0.39 is 0 Å². The first-order valence-electron chi connectivity index (χ1n) is 4.91. The van der Waals surface area contributed by atoms with Crippen molar-refractivity contribution in [1.82, 2.24) is 5.32 Å². The molecule has 1 aliphatic carbocycles. The van der Waals surface area contributed by atoms with Crippen LogP contribution in [0.25, 0.3) is 0 Å². The molecule has 0 unspecified atom stereocenters. The number of allylic oxidation sites excluding steroid dienone is 1. The van der Waals surface area contributed by atoms with Crippen LogP contribution in [0.2, 0.25) is 0 Å². The highest BCUT2D eigenvalue weighted by molar-refractivity contribution is 5.10. The largest absolute Gasteiger partial charge is 0.388 e. The lowest BCUT2D eigenvalue weighted by Crippen LogP contribution is -2.18. The van der Waals surface area contributed by atoms with Crippen LogP contribution in [0.3, 0.4) is 0 Å². The molecule has 0 spiro atoms. The molecule has 0 radical (unpaired) electrons. The van der Waals surface area contributed by atoms with Gasteiger partial charge in [-0.1, -0.05) is 25.3 Å². The van der Waals surface area contributed by atoms with Gasteiger partial charge in [-0.15, -0.1) is 0 Å². The van der Waals surface area contributed by atoms with Crippen LogP contribution in [0, 0.1) is 5.92 Å². The summed E-state index contributed by atoms with van der Waals surface area (Å²) in [7, 11) is 0. The maximum Gasteiger partial charge on any atom is 0.0179 e. The number of rotatable bonds is 1. The summed E-state index contributed by atoms with van der Waals surface area (Å²) in [5.74, 6) is 0.895. The minimum atomic E-state index is 0.895. The molecule has 0 aromatic heterocycles. The molecule has 11 heavy (non-hydrogen) atoms. The van der Waals surface area contributed by atoms with Gasteiger partial charge in [-0.3, -0.25) is 0 Å². The molecule has 62 valence electrons. The first-order valence-corrected chi connectivity index (χ1v) is 4.91. The van der Waals surface area contributed by atoms with E-state index in [1.54, 1.807) is 5.70 Å². The summed E-state index contributed by atoms with van der Waals surface area (Å²) >= 11 is 0. The first kappa shape index (κ1) is 7.20. The Labute approximate surface area is 68.9 Å². The van der Waals surface area contributed by atoms with Crippen molar-refractivity contribution in [2.24, 2.45) is 5.92 Å². The van der Waals surface area contributed by atoms with E-state index in [0.29, 0.717) is 0 Å². The quantitative estimate of drug-likeness (QED) is 0.607. The van der Waals surface area contributed by atoms with Crippen LogP contribution < -0.4 is 5.32 Å². The number of hydrogen-bond acceptors (Lipinski definition) is 1. The van der Waals surface area contributed by atoms with Gasteiger partial charge in [0.25, 0.3) is 0 Å². The summed E-state index contributed by atoms with van der Waals surface area (Å²) in [5.41, 5.74) is 1.56. The molecule has 1 fully saturated rings. The summed E-state index contributed by atoms with van der Waals surface area (Å²) in [6, 6.07) is 0. The van der Waals surface area contributed by atoms with Gasteiger partial charge in [-0.25, -0.2) is 0 Å². The Balaban J connectivity index is 1.92. The molecule has 2 rings (SSSR count). The van der Waals surface area contributed by atoms with E-state index >= 15 is 0 Å². The standard InChI is InChI=1S/C10H17N/c1-2-5-9(6-3-1)10-7-4-8-11-10/h7,9,11H,1-6,8H2. The van der Waals surface area contributed by atoms with E-state index in [1.807, 2.05) is 0 Å². The monoisotopic (exact) mass is 151 g/mol. The van der Waals surface area contributed by atoms with Gasteiger partial charge in [-0.2, -0.15) is 0 Å². The summed E-state index contributed by atoms with van der Waals surface area (Å²) in [4.78, 5) is 0. The summed E-state index contributed by atoms with van der Waals surface area (Å²) in [6.07, 6.45) is 10.9. The van der Waals surface area contributed by atoms with Gasteiger partial charge >= 0.3 is 0 Å². The molecule has 1 heterocycles. The lowest BCUT2D eigenvalue weighted by Gasteiger charge is -2.22. The summed E-state index contributed by atoms with van der Waals surface area (Å²) in [5, 5.41) is 3.49. The van der Waals surface area contributed by atoms with E-state index in [9.17, 15) is 0 Å². The topological polar surface area (TPSA) is 12.0 Å². The molecule has 2 aliphatic rings. The van der Waals surface area contributed by atoms with Crippen LogP contribution in [-0.2, 0) is 0 Å². The number of nitrogens with one attached hydrogen (secondary N) is 1. The van der Waals surface area contributed by atoms with Crippen LogP contribution in [0.4, 0.5) is 0 Å². The Kier molecular flexibility index (Phi) is 2.16. The third-order valence-electron chi connectivity index (χ3n) is 2.88. The van der Waals surface area contributed by atoms with Gasteiger partial charge in [-0.05, 0) is 25.2 Å². The Morgan fingerprint density at radius 3 is 2.64 bits per heavy atom. The highest BCUT2D eigenvalue weighted by atomic mass is 14.9. The molecule has 0 saturated heterocycles. The molecule has 1 heteroatoms. The summed E-state index contributed by atoms with van der Waals surface area (Å²) in [6.45, 7) is 1.19. The van der Waals surface area contributed by atoms with E-state index in [-0.39, 0.29) is 0 Å². The molecule has 1 aliphatic heterocycles. The average molecular weight is 151 g/mol. The van der Waals surface area contributed by atoms with Crippen LogP contribution in [0.1, 0.15) is 38.5 Å². The fraction of sp³-hybridized carbons (Fsp3) is 0.800. The maximum atomic E-state index is 3.49. The van der Waals surface area contributed by atoms with Crippen molar-refractivity contribution in [2.45, 2.75) is 38.5 Å². The molecule has 0 atom stereocenters. The van der Waals surface area contributed by atoms with Crippen LogP contribution in [0.5, 0.6) is 0 Å². The highest BCUT2D eigenvalue weighted by Crippen LogP contribution is 2.29. The zero-order valence-corrected chi connectivity index (χ0v) is 7.10. The second-order valence-electron chi connectivity index (χ2n) is 3.71. The summed E-state index contributed by atoms with van der Waals surface area (Å²) < 4.78 is 0. The molecule has 1 saturated carbocycles. The molecule has 0 aromatic rings. The van der Waals surface area contributed by atoms with Gasteiger partial charge in [0.15, 0.2) is 0 Å². The Morgan fingerprint density at radius 2 is 2.00 bits per heavy atom. The van der Waals surface area contributed by atoms with Gasteiger partial charge in [0.1, 0.15) is 0 Å². The third kappa shape index (κ3) is 1.58. The average Bonchev–Trinajstić information content (AvgIpc) is 2.58. The third-order valence-corrected chi connectivity index (χ3v) is 2.88. The fourth-order valence-corrected chi connectivity index (χ4v) is 2.24. The second-order valence-corrected chi connectivity index (χ2v) is 3.71. The number of hydrogen-bond donors (Lipinski definition) is 1. The van der Waals surface area contributed by atoms with Crippen molar-refractivity contribution in [1.29, 1.82) is 0 Å². The van der Waals surface area contributed by atoms with Crippen molar-refractivity contribution >= 4 is 0 Å². The molecular formula is C10H17N. The minimum absolute atomic E-state index is 0.895. The van der Waals surface area contributed by atoms with Crippen molar-refractivity contribution in [3.05, 3.63) is 11.8 Å². The van der Waals surface area contributed by atoms with Gasteiger partial charge in [0.2, 0.25) is 0 Å². The second kappa shape index (κ2) is 3.29. The minimum Gasteiger partial charge on any atom is -0.388 e. The van der Waals surface area contributed by atoms with Crippen molar-refractivity contribution in [2.75, 3.05) is 6.54 Å². The predicted molar refractivity (Wildman–Crippen MR) is 47.3 cm³/mol. The zero-order chi connectivity index (χ0) is 7.52. The van der Waals surface area contributed by atoms with E-state index in [4.69, 9.17) is 0 Å². The van der Waals surface area contributed by atoms with Crippen LogP contribution in [0.15, 0.2) is 11.8 Å². The van der Waals surface area contributed by atoms with Crippen molar-refractivity contribution in [3.63, 3.8) is 0 Å². The molecular weight excluding hydrogens is 134 g/mol. The van der Waals surface area contributed by atoms with E-state index in [2.05, 4.69) is 11.4 Å². The lowest BCUT2D eigenvalue weighted by molar-refractivity contribution is 0.391. The van der Waals surface area contributed by atoms with Crippen LogP contribution in [-0.4, -0.2) is 6.54 Å². The SMILES string of the molecule is C1=C(C2CCCCC2)NCC1. The van der Waals surface area contributed by atoms with Crippen molar-refractivity contribution < 1.29 is 0 Å². The molecule has 1 N–H and O–H groups in total. The first-order chi connectivity index (χ1) is 5.47. The Bertz CT molecular complexity index is 154. The molecule has 1 nitrogen and oxygen atoms in total. The fourth-order valence-electron chi connectivity index (χ4n) is 2.24.